The summed E-state index contributed by atoms with van der Waals surface area (Å²) < 4.78 is 29.2. The van der Waals surface area contributed by atoms with Crippen molar-refractivity contribution in [3.8, 4) is 0 Å². The van der Waals surface area contributed by atoms with Gasteiger partial charge in [-0.05, 0) is 35.2 Å². The van der Waals surface area contributed by atoms with Crippen LogP contribution in [0.4, 0.5) is 0 Å². The molecule has 0 radical (unpaired) electrons. The molecular formula is C16H16ClN3O2S2. The van der Waals surface area contributed by atoms with Crippen molar-refractivity contribution in [3.63, 3.8) is 0 Å². The maximum absolute atomic E-state index is 12.4. The van der Waals surface area contributed by atoms with Crippen LogP contribution in [-0.4, -0.2) is 24.7 Å². The normalized spacial score (nSPS) is 13.0. The van der Waals surface area contributed by atoms with E-state index >= 15 is 0 Å². The predicted octanol–water partition coefficient (Wildman–Crippen LogP) is 3.31. The van der Waals surface area contributed by atoms with Crippen LogP contribution in [0.5, 0.6) is 0 Å². The molecule has 2 heterocycles. The fourth-order valence-electron chi connectivity index (χ4n) is 2.33. The van der Waals surface area contributed by atoms with E-state index in [0.717, 1.165) is 4.88 Å². The van der Waals surface area contributed by atoms with Crippen molar-refractivity contribution < 1.29 is 8.42 Å². The lowest BCUT2D eigenvalue weighted by molar-refractivity contribution is 0.511. The minimum absolute atomic E-state index is 0.0829. The Morgan fingerprint density at radius 3 is 2.62 bits per heavy atom. The number of hydrogen-bond acceptors (Lipinski definition) is 4. The molecule has 0 spiro atoms. The SMILES string of the molecule is O=S(=O)(Cc1ccc(Cl)cc1)NCC(c1cccs1)n1cccn1. The van der Waals surface area contributed by atoms with Crippen molar-refractivity contribution in [2.45, 2.75) is 11.8 Å². The quantitative estimate of drug-likeness (QED) is 0.682. The average molecular weight is 382 g/mol. The summed E-state index contributed by atoms with van der Waals surface area (Å²) in [6.45, 7) is 0.248. The standard InChI is InChI=1S/C16H16ClN3O2S2/c17-14-6-4-13(5-7-14)12-24(21,22)19-11-15(16-3-1-10-23-16)20-9-2-8-18-20/h1-10,15,19H,11-12H2. The van der Waals surface area contributed by atoms with E-state index in [2.05, 4.69) is 9.82 Å². The molecule has 0 aliphatic heterocycles. The fraction of sp³-hybridized carbons (Fsp3) is 0.188. The van der Waals surface area contributed by atoms with E-state index in [9.17, 15) is 8.42 Å². The largest absolute Gasteiger partial charge is 0.263 e. The summed E-state index contributed by atoms with van der Waals surface area (Å²) in [6, 6.07) is 12.4. The van der Waals surface area contributed by atoms with Gasteiger partial charge >= 0.3 is 0 Å². The third kappa shape index (κ3) is 4.45. The highest BCUT2D eigenvalue weighted by Gasteiger charge is 2.19. The van der Waals surface area contributed by atoms with E-state index in [1.807, 2.05) is 29.8 Å². The Hall–Kier alpha value is -1.67. The maximum atomic E-state index is 12.4. The van der Waals surface area contributed by atoms with Crippen LogP contribution in [0.3, 0.4) is 0 Å². The van der Waals surface area contributed by atoms with Crippen molar-refractivity contribution in [1.82, 2.24) is 14.5 Å². The van der Waals surface area contributed by atoms with Crippen molar-refractivity contribution in [3.05, 3.63) is 75.7 Å². The summed E-state index contributed by atoms with van der Waals surface area (Å²) in [5.74, 6) is -0.0829. The molecule has 0 aliphatic rings. The molecule has 0 fully saturated rings. The van der Waals surface area contributed by atoms with Gasteiger partial charge in [0.25, 0.3) is 0 Å². The second-order valence-corrected chi connectivity index (χ2v) is 8.47. The van der Waals surface area contributed by atoms with E-state index in [1.165, 1.54) is 0 Å². The molecule has 126 valence electrons. The molecular weight excluding hydrogens is 366 g/mol. The van der Waals surface area contributed by atoms with Gasteiger partial charge in [0.1, 0.15) is 0 Å². The third-order valence-electron chi connectivity index (χ3n) is 3.48. The minimum atomic E-state index is -3.45. The van der Waals surface area contributed by atoms with E-state index in [0.29, 0.717) is 10.6 Å². The molecule has 24 heavy (non-hydrogen) atoms. The molecule has 1 aromatic carbocycles. The van der Waals surface area contributed by atoms with Gasteiger partial charge in [-0.1, -0.05) is 29.8 Å². The molecule has 3 rings (SSSR count). The summed E-state index contributed by atoms with van der Waals surface area (Å²) in [7, 11) is -3.45. The second-order valence-electron chi connectivity index (χ2n) is 5.25. The highest BCUT2D eigenvalue weighted by atomic mass is 35.5. The zero-order valence-electron chi connectivity index (χ0n) is 12.7. The number of thiophene rings is 1. The third-order valence-corrected chi connectivity index (χ3v) is 6.03. The van der Waals surface area contributed by atoms with Crippen LogP contribution in [0.1, 0.15) is 16.5 Å². The highest BCUT2D eigenvalue weighted by molar-refractivity contribution is 7.88. The first-order chi connectivity index (χ1) is 11.5. The zero-order chi connectivity index (χ0) is 17.0. The van der Waals surface area contributed by atoms with Crippen molar-refractivity contribution in [2.24, 2.45) is 0 Å². The summed E-state index contributed by atoms with van der Waals surface area (Å²) in [4.78, 5) is 1.05. The number of benzene rings is 1. The van der Waals surface area contributed by atoms with Gasteiger partial charge in [-0.15, -0.1) is 11.3 Å². The molecule has 0 amide bonds. The van der Waals surface area contributed by atoms with E-state index in [4.69, 9.17) is 11.6 Å². The van der Waals surface area contributed by atoms with Crippen LogP contribution in [0, 0.1) is 0 Å². The van der Waals surface area contributed by atoms with E-state index in [-0.39, 0.29) is 18.3 Å². The van der Waals surface area contributed by atoms with Crippen LogP contribution in [-0.2, 0) is 15.8 Å². The van der Waals surface area contributed by atoms with Crippen LogP contribution >= 0.6 is 22.9 Å². The first kappa shape index (κ1) is 17.2. The van der Waals surface area contributed by atoms with Crippen LogP contribution < -0.4 is 4.72 Å². The lowest BCUT2D eigenvalue weighted by atomic mass is 10.2. The number of rotatable bonds is 7. The Bertz CT molecular complexity index is 826. The average Bonchev–Trinajstić information content (AvgIpc) is 3.23. The molecule has 0 aliphatic carbocycles. The Morgan fingerprint density at radius 2 is 2.00 bits per heavy atom. The number of nitrogens with one attached hydrogen (secondary N) is 1. The Morgan fingerprint density at radius 1 is 1.21 bits per heavy atom. The van der Waals surface area contributed by atoms with Crippen molar-refractivity contribution in [2.75, 3.05) is 6.54 Å². The monoisotopic (exact) mass is 381 g/mol. The first-order valence-electron chi connectivity index (χ1n) is 7.28. The van der Waals surface area contributed by atoms with Gasteiger partial charge in [0.2, 0.25) is 10.0 Å². The second kappa shape index (κ2) is 7.48. The molecule has 1 N–H and O–H groups in total. The molecule has 0 saturated heterocycles. The predicted molar refractivity (Wildman–Crippen MR) is 96.8 cm³/mol. The van der Waals surface area contributed by atoms with Crippen molar-refractivity contribution >= 4 is 33.0 Å². The van der Waals surface area contributed by atoms with Gasteiger partial charge in [-0.25, -0.2) is 13.1 Å². The van der Waals surface area contributed by atoms with E-state index in [1.54, 1.807) is 46.5 Å². The van der Waals surface area contributed by atoms with Gasteiger partial charge in [-0.3, -0.25) is 4.68 Å². The van der Waals surface area contributed by atoms with Gasteiger partial charge in [-0.2, -0.15) is 5.10 Å². The number of sulfonamides is 1. The lowest BCUT2D eigenvalue weighted by Crippen LogP contribution is -2.32. The molecule has 0 saturated carbocycles. The molecule has 3 aromatic rings. The van der Waals surface area contributed by atoms with Crippen molar-refractivity contribution in [1.29, 1.82) is 0 Å². The summed E-state index contributed by atoms with van der Waals surface area (Å²) >= 11 is 7.40. The number of nitrogens with zero attached hydrogens (tertiary/aromatic N) is 2. The number of halogens is 1. The molecule has 1 unspecified atom stereocenters. The zero-order valence-corrected chi connectivity index (χ0v) is 15.1. The molecule has 0 bridgehead atoms. The Balaban J connectivity index is 1.70. The van der Waals surface area contributed by atoms with Gasteiger partial charge in [0.15, 0.2) is 0 Å². The maximum Gasteiger partial charge on any atom is 0.215 e. The topological polar surface area (TPSA) is 64.0 Å². The summed E-state index contributed by atoms with van der Waals surface area (Å²) in [6.07, 6.45) is 3.51. The van der Waals surface area contributed by atoms with Crippen LogP contribution in [0.25, 0.3) is 0 Å². The summed E-state index contributed by atoms with van der Waals surface area (Å²) in [5.41, 5.74) is 0.693. The number of hydrogen-bond donors (Lipinski definition) is 1. The molecule has 8 heteroatoms. The summed E-state index contributed by atoms with van der Waals surface area (Å²) in [5, 5.41) is 6.79. The lowest BCUT2D eigenvalue weighted by Gasteiger charge is -2.17. The molecule has 5 nitrogen and oxygen atoms in total. The Labute approximate surface area is 150 Å². The highest BCUT2D eigenvalue weighted by Crippen LogP contribution is 2.22. The fourth-order valence-corrected chi connectivity index (χ4v) is 4.42. The van der Waals surface area contributed by atoms with Crippen LogP contribution in [0.15, 0.2) is 60.2 Å². The molecule has 2 aromatic heterocycles. The number of aromatic nitrogens is 2. The first-order valence-corrected chi connectivity index (χ1v) is 10.2. The van der Waals surface area contributed by atoms with Gasteiger partial charge < -0.3 is 0 Å². The van der Waals surface area contributed by atoms with E-state index < -0.39 is 10.0 Å². The smallest absolute Gasteiger partial charge is 0.215 e. The minimum Gasteiger partial charge on any atom is -0.263 e. The van der Waals surface area contributed by atoms with Crippen LogP contribution in [0.2, 0.25) is 5.02 Å². The Kier molecular flexibility index (Phi) is 5.35. The molecule has 1 atom stereocenters. The van der Waals surface area contributed by atoms with Gasteiger partial charge in [0.05, 0.1) is 11.8 Å². The van der Waals surface area contributed by atoms with Gasteiger partial charge in [0, 0.05) is 28.8 Å².